The Morgan fingerprint density at radius 2 is 2.12 bits per heavy atom. The zero-order valence-electron chi connectivity index (χ0n) is 8.67. The third-order valence-corrected chi connectivity index (χ3v) is 1.95. The van der Waals surface area contributed by atoms with Gasteiger partial charge in [-0.2, -0.15) is 0 Å². The van der Waals surface area contributed by atoms with E-state index in [0.29, 0.717) is 0 Å². The van der Waals surface area contributed by atoms with Crippen molar-refractivity contribution < 1.29 is 18.3 Å². The van der Waals surface area contributed by atoms with Crippen molar-refractivity contribution in [3.8, 4) is 0 Å². The van der Waals surface area contributed by atoms with Gasteiger partial charge in [0.2, 0.25) is 0 Å². The number of anilines is 1. The first-order chi connectivity index (χ1) is 7.56. The van der Waals surface area contributed by atoms with E-state index in [1.54, 1.807) is 0 Å². The number of esters is 1. The highest BCUT2D eigenvalue weighted by Crippen LogP contribution is 2.18. The summed E-state index contributed by atoms with van der Waals surface area (Å²) in [5.74, 6) is -2.56. The van der Waals surface area contributed by atoms with Gasteiger partial charge in [-0.25, -0.2) is 8.78 Å². The van der Waals surface area contributed by atoms with Crippen LogP contribution in [0.4, 0.5) is 14.5 Å². The minimum absolute atomic E-state index is 0.00192. The molecule has 0 amide bonds. The minimum Gasteiger partial charge on any atom is -0.469 e. The Morgan fingerprint density at radius 1 is 1.44 bits per heavy atom. The number of nitrogens with two attached hydrogens (primary N) is 1. The highest BCUT2D eigenvalue weighted by atomic mass is 19.2. The summed E-state index contributed by atoms with van der Waals surface area (Å²) < 4.78 is 30.6. The van der Waals surface area contributed by atoms with Crippen molar-refractivity contribution in [3.63, 3.8) is 0 Å². The average Bonchev–Trinajstić information content (AvgIpc) is 2.29. The van der Waals surface area contributed by atoms with E-state index in [-0.39, 0.29) is 17.7 Å². The molecule has 0 atom stereocenters. The summed E-state index contributed by atoms with van der Waals surface area (Å²) in [6.45, 7) is 0. The van der Waals surface area contributed by atoms with Crippen LogP contribution in [0.5, 0.6) is 0 Å². The van der Waals surface area contributed by atoms with Gasteiger partial charge in [-0.1, -0.05) is 12.2 Å². The first kappa shape index (κ1) is 12.2. The Morgan fingerprint density at radius 3 is 2.75 bits per heavy atom. The van der Waals surface area contributed by atoms with Crippen LogP contribution in [0, 0.1) is 11.6 Å². The van der Waals surface area contributed by atoms with E-state index >= 15 is 0 Å². The molecule has 0 bridgehead atoms. The number of halogens is 2. The number of hydrogen-bond acceptors (Lipinski definition) is 3. The number of ether oxygens (including phenoxy) is 1. The third-order valence-electron chi connectivity index (χ3n) is 1.95. The third kappa shape index (κ3) is 2.79. The van der Waals surface area contributed by atoms with E-state index in [9.17, 15) is 13.6 Å². The van der Waals surface area contributed by atoms with Gasteiger partial charge in [0.1, 0.15) is 0 Å². The van der Waals surface area contributed by atoms with E-state index in [2.05, 4.69) is 4.74 Å². The van der Waals surface area contributed by atoms with Gasteiger partial charge in [-0.15, -0.1) is 0 Å². The van der Waals surface area contributed by atoms with Crippen LogP contribution in [0.2, 0.25) is 0 Å². The predicted molar refractivity (Wildman–Crippen MR) is 56.4 cm³/mol. The highest BCUT2D eigenvalue weighted by Gasteiger charge is 2.09. The second-order valence-electron chi connectivity index (χ2n) is 3.05. The smallest absolute Gasteiger partial charge is 0.309 e. The maximum Gasteiger partial charge on any atom is 0.309 e. The first-order valence-electron chi connectivity index (χ1n) is 4.53. The molecule has 0 radical (unpaired) electrons. The lowest BCUT2D eigenvalue weighted by Gasteiger charge is -2.01. The summed E-state index contributed by atoms with van der Waals surface area (Å²) in [4.78, 5) is 10.7. The fourth-order valence-corrected chi connectivity index (χ4v) is 1.07. The molecule has 1 rings (SSSR count). The number of carbonyl (C=O) groups excluding carboxylic acids is 1. The van der Waals surface area contributed by atoms with Crippen molar-refractivity contribution in [2.24, 2.45) is 0 Å². The van der Waals surface area contributed by atoms with Crippen LogP contribution in [-0.4, -0.2) is 13.1 Å². The summed E-state index contributed by atoms with van der Waals surface area (Å²) in [5, 5.41) is 0. The van der Waals surface area contributed by atoms with Gasteiger partial charge >= 0.3 is 5.97 Å². The monoisotopic (exact) mass is 227 g/mol. The Kier molecular flexibility index (Phi) is 3.99. The fourth-order valence-electron chi connectivity index (χ4n) is 1.07. The van der Waals surface area contributed by atoms with E-state index < -0.39 is 17.6 Å². The topological polar surface area (TPSA) is 52.3 Å². The van der Waals surface area contributed by atoms with Crippen molar-refractivity contribution in [3.05, 3.63) is 35.4 Å². The predicted octanol–water partition coefficient (Wildman–Crippen LogP) is 2.12. The van der Waals surface area contributed by atoms with Crippen molar-refractivity contribution in [2.75, 3.05) is 12.8 Å². The molecule has 0 saturated carbocycles. The second-order valence-corrected chi connectivity index (χ2v) is 3.05. The number of hydrogen-bond donors (Lipinski definition) is 1. The largest absolute Gasteiger partial charge is 0.469 e. The highest BCUT2D eigenvalue weighted by molar-refractivity contribution is 5.72. The zero-order chi connectivity index (χ0) is 12.1. The number of benzene rings is 1. The Bertz CT molecular complexity index is 430. The average molecular weight is 227 g/mol. The number of methoxy groups -OCH3 is 1. The van der Waals surface area contributed by atoms with Crippen molar-refractivity contribution in [2.45, 2.75) is 6.42 Å². The molecule has 5 heteroatoms. The molecule has 1 aromatic rings. The van der Waals surface area contributed by atoms with Gasteiger partial charge < -0.3 is 10.5 Å². The number of nitrogen functional groups attached to an aromatic ring is 1. The lowest BCUT2D eigenvalue weighted by Crippen LogP contribution is -1.98. The maximum absolute atomic E-state index is 13.2. The normalized spacial score (nSPS) is 10.7. The fraction of sp³-hybridized carbons (Fsp3) is 0.182. The number of rotatable bonds is 3. The summed E-state index contributed by atoms with van der Waals surface area (Å²) in [6.07, 6.45) is 2.69. The molecule has 16 heavy (non-hydrogen) atoms. The lowest BCUT2D eigenvalue weighted by atomic mass is 10.1. The molecule has 0 heterocycles. The Labute approximate surface area is 91.5 Å². The van der Waals surface area contributed by atoms with E-state index in [4.69, 9.17) is 5.73 Å². The van der Waals surface area contributed by atoms with Gasteiger partial charge in [-0.05, 0) is 12.1 Å². The lowest BCUT2D eigenvalue weighted by molar-refractivity contribution is -0.139. The summed E-state index contributed by atoms with van der Waals surface area (Å²) in [6, 6.07) is 2.59. The molecule has 86 valence electrons. The van der Waals surface area contributed by atoms with Crippen LogP contribution >= 0.6 is 0 Å². The second kappa shape index (κ2) is 5.25. The van der Waals surface area contributed by atoms with Crippen LogP contribution in [0.3, 0.4) is 0 Å². The van der Waals surface area contributed by atoms with Crippen molar-refractivity contribution >= 4 is 17.7 Å². The molecule has 0 saturated heterocycles. The van der Waals surface area contributed by atoms with E-state index in [0.717, 1.165) is 0 Å². The molecule has 3 nitrogen and oxygen atoms in total. The summed E-state index contributed by atoms with van der Waals surface area (Å²) >= 11 is 0. The van der Waals surface area contributed by atoms with E-state index in [1.165, 1.54) is 31.4 Å². The number of carbonyl (C=O) groups is 1. The molecule has 0 aromatic heterocycles. The van der Waals surface area contributed by atoms with E-state index in [1.807, 2.05) is 0 Å². The molecular weight excluding hydrogens is 216 g/mol. The van der Waals surface area contributed by atoms with Gasteiger partial charge in [0, 0.05) is 5.56 Å². The molecule has 0 spiro atoms. The molecule has 0 aliphatic heterocycles. The molecule has 1 aromatic carbocycles. The van der Waals surface area contributed by atoms with Gasteiger partial charge in [-0.3, -0.25) is 4.79 Å². The Hall–Kier alpha value is -1.91. The van der Waals surface area contributed by atoms with Crippen LogP contribution in [-0.2, 0) is 9.53 Å². The zero-order valence-corrected chi connectivity index (χ0v) is 8.67. The van der Waals surface area contributed by atoms with Crippen LogP contribution < -0.4 is 5.73 Å². The van der Waals surface area contributed by atoms with Crippen LogP contribution in [0.25, 0.3) is 6.08 Å². The van der Waals surface area contributed by atoms with Crippen LogP contribution in [0.1, 0.15) is 12.0 Å². The maximum atomic E-state index is 13.2. The molecule has 0 aliphatic rings. The quantitative estimate of drug-likeness (QED) is 0.635. The summed E-state index contributed by atoms with van der Waals surface area (Å²) in [5.41, 5.74) is 4.96. The van der Waals surface area contributed by atoms with Gasteiger partial charge in [0.05, 0.1) is 19.2 Å². The van der Waals surface area contributed by atoms with Crippen molar-refractivity contribution in [1.29, 1.82) is 0 Å². The summed E-state index contributed by atoms with van der Waals surface area (Å²) in [7, 11) is 1.25. The minimum atomic E-state index is -1.08. The molecule has 0 fully saturated rings. The van der Waals surface area contributed by atoms with Gasteiger partial charge in [0.15, 0.2) is 11.6 Å². The van der Waals surface area contributed by atoms with Gasteiger partial charge in [0.25, 0.3) is 0 Å². The Balaban J connectivity index is 2.82. The SMILES string of the molecule is COC(=O)CC=Cc1ccc(N)c(F)c1F. The molecule has 0 unspecified atom stereocenters. The molecule has 2 N–H and O–H groups in total. The molecule has 0 aliphatic carbocycles. The first-order valence-corrected chi connectivity index (χ1v) is 4.53. The molecular formula is C11H11F2NO2. The standard InChI is InChI=1S/C11H11F2NO2/c1-16-9(15)4-2-3-7-5-6-8(14)11(13)10(7)12/h2-3,5-6H,4,14H2,1H3. The van der Waals surface area contributed by atoms with Crippen LogP contribution in [0.15, 0.2) is 18.2 Å². The van der Waals surface area contributed by atoms with Crippen molar-refractivity contribution in [1.82, 2.24) is 0 Å².